The summed E-state index contributed by atoms with van der Waals surface area (Å²) in [6.45, 7) is 3.91. The molecule has 0 spiro atoms. The van der Waals surface area contributed by atoms with Gasteiger partial charge in [0.15, 0.2) is 0 Å². The second-order valence-corrected chi connectivity index (χ2v) is 12.9. The molecule has 31 heavy (non-hydrogen) atoms. The third-order valence-corrected chi connectivity index (χ3v) is 11.9. The summed E-state index contributed by atoms with van der Waals surface area (Å²) in [5.74, 6) is -0.551. The number of hydrogen-bond donors (Lipinski definition) is 0. The fourth-order valence-corrected chi connectivity index (χ4v) is 10.7. The average molecular weight is 452 g/mol. The number of benzene rings is 2. The van der Waals surface area contributed by atoms with Crippen molar-refractivity contribution < 1.29 is 33.6 Å². The third kappa shape index (κ3) is 4.19. The molecule has 0 N–H and O–H groups in total. The maximum atomic E-state index is 12.9. The van der Waals surface area contributed by atoms with Gasteiger partial charge in [-0.05, 0) is 0 Å². The Balaban J connectivity index is 1.87. The molecule has 0 saturated carbocycles. The van der Waals surface area contributed by atoms with Crippen LogP contribution in [0.25, 0.3) is 12.2 Å². The number of allylic oxidation sites excluding steroid dienone is 2. The molecule has 2 unspecified atom stereocenters. The Morgan fingerprint density at radius 1 is 0.742 bits per heavy atom. The summed E-state index contributed by atoms with van der Waals surface area (Å²) >= 11 is -4.21. The van der Waals surface area contributed by atoms with E-state index in [0.717, 1.165) is 22.3 Å². The molecule has 2 aromatic carbocycles. The molecule has 4 nitrogen and oxygen atoms in total. The van der Waals surface area contributed by atoms with Crippen LogP contribution in [0.15, 0.2) is 60.7 Å². The Kier molecular flexibility index (Phi) is 6.59. The van der Waals surface area contributed by atoms with Crippen LogP contribution in [-0.4, -0.2) is 11.9 Å². The van der Waals surface area contributed by atoms with E-state index in [-0.39, 0.29) is 20.4 Å². The van der Waals surface area contributed by atoms with E-state index in [4.69, 9.17) is 6.64 Å². The van der Waals surface area contributed by atoms with E-state index < -0.39 is 17.4 Å². The molecule has 4 rings (SSSR count). The van der Waals surface area contributed by atoms with Crippen molar-refractivity contribution in [2.45, 2.75) is 48.0 Å². The van der Waals surface area contributed by atoms with Gasteiger partial charge in [-0.1, -0.05) is 0 Å². The molecular weight excluding hydrogens is 424 g/mol. The predicted molar refractivity (Wildman–Crippen MR) is 118 cm³/mol. The monoisotopic (exact) mass is 452 g/mol. The van der Waals surface area contributed by atoms with Crippen molar-refractivity contribution in [2.24, 2.45) is 0 Å². The zero-order chi connectivity index (χ0) is 21.8. The Labute approximate surface area is 188 Å². The molecule has 2 atom stereocenters. The van der Waals surface area contributed by atoms with E-state index in [1.165, 1.54) is 0 Å². The molecule has 2 aliphatic rings. The minimum atomic E-state index is -4.21. The van der Waals surface area contributed by atoms with Gasteiger partial charge in [0.2, 0.25) is 0 Å². The summed E-state index contributed by atoms with van der Waals surface area (Å²) < 4.78 is 12.3. The van der Waals surface area contributed by atoms with Crippen LogP contribution in [0.2, 0.25) is 0 Å². The number of fused-ring (bicyclic) bond motifs is 2. The number of rotatable bonds is 8. The summed E-state index contributed by atoms with van der Waals surface area (Å²) in [6, 6.07) is 16.2. The molecule has 160 valence electrons. The third-order valence-electron chi connectivity index (χ3n) is 5.92. The molecular formula is C26H28O4Ti. The number of carbonyl (C=O) groups is 2. The number of carbonyl (C=O) groups excluding carboxylic acids is 2. The summed E-state index contributed by atoms with van der Waals surface area (Å²) in [6.07, 6.45) is 10.3. The second kappa shape index (κ2) is 9.38. The van der Waals surface area contributed by atoms with Gasteiger partial charge in [-0.2, -0.15) is 0 Å². The van der Waals surface area contributed by atoms with Gasteiger partial charge in [0.1, 0.15) is 0 Å². The second-order valence-electron chi connectivity index (χ2n) is 8.10. The molecule has 0 aromatic heterocycles. The van der Waals surface area contributed by atoms with Crippen LogP contribution in [0.4, 0.5) is 0 Å². The Morgan fingerprint density at radius 3 is 1.58 bits per heavy atom. The molecule has 0 bridgehead atoms. The van der Waals surface area contributed by atoms with Crippen molar-refractivity contribution in [1.82, 2.24) is 0 Å². The predicted octanol–water partition coefficient (Wildman–Crippen LogP) is 6.19. The van der Waals surface area contributed by atoms with Crippen LogP contribution in [0.5, 0.6) is 0 Å². The van der Waals surface area contributed by atoms with Gasteiger partial charge in [-0.3, -0.25) is 0 Å². The Hall–Kier alpha value is -2.43. The first kappa shape index (κ1) is 21.8. The van der Waals surface area contributed by atoms with E-state index in [0.29, 0.717) is 25.7 Å². The van der Waals surface area contributed by atoms with Crippen molar-refractivity contribution in [3.63, 3.8) is 0 Å². The van der Waals surface area contributed by atoms with Crippen LogP contribution >= 0.6 is 0 Å². The van der Waals surface area contributed by atoms with Crippen LogP contribution < -0.4 is 0 Å². The first-order valence-electron chi connectivity index (χ1n) is 11.1. The van der Waals surface area contributed by atoms with Crippen LogP contribution in [-0.2, 0) is 33.6 Å². The summed E-state index contributed by atoms with van der Waals surface area (Å²) in [5.41, 5.74) is 4.34. The van der Waals surface area contributed by atoms with Crippen LogP contribution in [0, 0.1) is 0 Å². The molecule has 0 saturated heterocycles. The van der Waals surface area contributed by atoms with E-state index in [9.17, 15) is 9.59 Å². The summed E-state index contributed by atoms with van der Waals surface area (Å²) in [7, 11) is 0. The van der Waals surface area contributed by atoms with Crippen molar-refractivity contribution in [1.29, 1.82) is 0 Å². The van der Waals surface area contributed by atoms with Gasteiger partial charge >= 0.3 is 189 Å². The quantitative estimate of drug-likeness (QED) is 0.448. The molecule has 0 amide bonds. The molecule has 0 radical (unpaired) electrons. The minimum absolute atomic E-state index is 0.210. The fourth-order valence-electron chi connectivity index (χ4n) is 4.54. The molecule has 2 aromatic rings. The van der Waals surface area contributed by atoms with Crippen LogP contribution in [0.1, 0.15) is 70.2 Å². The van der Waals surface area contributed by atoms with Crippen molar-refractivity contribution in [2.75, 3.05) is 0 Å². The van der Waals surface area contributed by atoms with Gasteiger partial charge in [0, 0.05) is 0 Å². The van der Waals surface area contributed by atoms with Crippen molar-refractivity contribution in [3.05, 3.63) is 82.9 Å². The molecule has 2 aliphatic carbocycles. The van der Waals surface area contributed by atoms with Gasteiger partial charge in [0.25, 0.3) is 0 Å². The van der Waals surface area contributed by atoms with Gasteiger partial charge in [-0.25, -0.2) is 0 Å². The molecule has 0 aliphatic heterocycles. The summed E-state index contributed by atoms with van der Waals surface area (Å²) in [4.78, 5) is 25.8. The summed E-state index contributed by atoms with van der Waals surface area (Å²) in [5, 5.41) is 0. The Bertz CT molecular complexity index is 956. The van der Waals surface area contributed by atoms with E-state index >= 15 is 0 Å². The van der Waals surface area contributed by atoms with Gasteiger partial charge in [0.05, 0.1) is 0 Å². The maximum absolute atomic E-state index is 12.9. The van der Waals surface area contributed by atoms with E-state index in [2.05, 4.69) is 48.6 Å². The number of hydrogen-bond acceptors (Lipinski definition) is 4. The van der Waals surface area contributed by atoms with Gasteiger partial charge < -0.3 is 0 Å². The standard InChI is InChI=1S/2C9H7.2C4H8O2.Ti/c2*1-2-5-9-7-3-6-8(9)4-1;2*1-2-3-4(5)6;/h2*1-7H;2*2-3H2,1H3,(H,5,6);/q;;;;+2/p-2. The van der Waals surface area contributed by atoms with E-state index in [1.54, 1.807) is 0 Å². The zero-order valence-electron chi connectivity index (χ0n) is 18.0. The average Bonchev–Trinajstić information content (AvgIpc) is 3.38. The van der Waals surface area contributed by atoms with Crippen molar-refractivity contribution in [3.8, 4) is 0 Å². The van der Waals surface area contributed by atoms with Crippen molar-refractivity contribution >= 4 is 24.1 Å². The van der Waals surface area contributed by atoms with Gasteiger partial charge in [-0.15, -0.1) is 0 Å². The molecule has 0 heterocycles. The Morgan fingerprint density at radius 2 is 1.16 bits per heavy atom. The van der Waals surface area contributed by atoms with Crippen LogP contribution in [0.3, 0.4) is 0 Å². The first-order valence-corrected chi connectivity index (χ1v) is 14.1. The molecule has 0 fully saturated rings. The fraction of sp³-hybridized carbons (Fsp3) is 0.308. The SMILES string of the molecule is CCCC(=O)[O][Ti]([O]C(=O)CCC)([CH]1C=Cc2ccccc21)[CH]1C=Cc2ccccc21. The first-order chi connectivity index (χ1) is 15.1. The normalized spacial score (nSPS) is 18.5. The van der Waals surface area contributed by atoms with E-state index in [1.807, 2.05) is 38.1 Å². The topological polar surface area (TPSA) is 52.6 Å². The zero-order valence-corrected chi connectivity index (χ0v) is 19.6. The molecule has 5 heteroatoms.